The molecule has 1 heterocycles. The summed E-state index contributed by atoms with van der Waals surface area (Å²) in [5.74, 6) is 0.141. The van der Waals surface area contributed by atoms with Gasteiger partial charge in [-0.15, -0.1) is 0 Å². The molecule has 0 aliphatic carbocycles. The van der Waals surface area contributed by atoms with Gasteiger partial charge < -0.3 is 9.84 Å². The molecule has 1 aromatic rings. The largest absolute Gasteiger partial charge is 0.396 e. The average molecular weight is 241 g/mol. The van der Waals surface area contributed by atoms with Gasteiger partial charge in [-0.05, 0) is 37.0 Å². The second-order valence-corrected chi connectivity index (χ2v) is 4.74. The van der Waals surface area contributed by atoms with E-state index in [2.05, 4.69) is 0 Å². The first-order valence-electron chi connectivity index (χ1n) is 5.77. The Labute approximate surface area is 101 Å². The lowest BCUT2D eigenvalue weighted by molar-refractivity contribution is 0.0898. The number of aliphatic hydroxyl groups excluding tert-OH is 1. The van der Waals surface area contributed by atoms with Crippen molar-refractivity contribution in [1.82, 2.24) is 0 Å². The molecule has 2 rings (SSSR count). The minimum absolute atomic E-state index is 0.141. The number of rotatable bonds is 4. The van der Waals surface area contributed by atoms with E-state index < -0.39 is 0 Å². The Morgan fingerprint density at radius 3 is 3.00 bits per heavy atom. The molecule has 1 aliphatic rings. The summed E-state index contributed by atoms with van der Waals surface area (Å²) in [6, 6.07) is 7.72. The Hall–Kier alpha value is -0.570. The van der Waals surface area contributed by atoms with Gasteiger partial charge in [-0.25, -0.2) is 0 Å². The van der Waals surface area contributed by atoms with E-state index in [-0.39, 0.29) is 12.5 Å². The molecule has 0 bridgehead atoms. The van der Waals surface area contributed by atoms with Crippen LogP contribution in [0.4, 0.5) is 0 Å². The van der Waals surface area contributed by atoms with Crippen LogP contribution in [0.25, 0.3) is 0 Å². The van der Waals surface area contributed by atoms with Gasteiger partial charge in [-0.2, -0.15) is 0 Å². The molecule has 2 nitrogen and oxygen atoms in total. The van der Waals surface area contributed by atoms with Crippen LogP contribution in [0, 0.1) is 0 Å². The van der Waals surface area contributed by atoms with E-state index in [9.17, 15) is 5.11 Å². The smallest absolute Gasteiger partial charge is 0.0582 e. The normalized spacial score (nSPS) is 22.2. The summed E-state index contributed by atoms with van der Waals surface area (Å²) in [5.41, 5.74) is 1.10. The Balaban J connectivity index is 2.03. The monoisotopic (exact) mass is 240 g/mol. The Morgan fingerprint density at radius 1 is 1.50 bits per heavy atom. The summed E-state index contributed by atoms with van der Waals surface area (Å²) in [5, 5.41) is 10.2. The lowest BCUT2D eigenvalue weighted by Gasteiger charge is -2.18. The summed E-state index contributed by atoms with van der Waals surface area (Å²) < 4.78 is 5.59. The third-order valence-electron chi connectivity index (χ3n) is 3.11. The second kappa shape index (κ2) is 5.67. The molecule has 0 aromatic heterocycles. The molecule has 1 fully saturated rings. The highest BCUT2D eigenvalue weighted by molar-refractivity contribution is 6.30. The highest BCUT2D eigenvalue weighted by Gasteiger charge is 2.21. The summed E-state index contributed by atoms with van der Waals surface area (Å²) in [6.07, 6.45) is 3.43. The molecule has 16 heavy (non-hydrogen) atoms. The maximum absolute atomic E-state index is 9.43. The van der Waals surface area contributed by atoms with Crippen molar-refractivity contribution in [3.05, 3.63) is 34.9 Å². The van der Waals surface area contributed by atoms with Crippen molar-refractivity contribution in [2.24, 2.45) is 0 Å². The molecule has 0 saturated carbocycles. The van der Waals surface area contributed by atoms with Crippen LogP contribution >= 0.6 is 11.6 Å². The van der Waals surface area contributed by atoms with Gasteiger partial charge >= 0.3 is 0 Å². The fourth-order valence-corrected chi connectivity index (χ4v) is 2.42. The summed E-state index contributed by atoms with van der Waals surface area (Å²) in [6.45, 7) is 1.01. The van der Waals surface area contributed by atoms with Gasteiger partial charge in [-0.1, -0.05) is 23.7 Å². The highest BCUT2D eigenvalue weighted by Crippen LogP contribution is 2.27. The van der Waals surface area contributed by atoms with Crippen LogP contribution < -0.4 is 0 Å². The topological polar surface area (TPSA) is 29.5 Å². The van der Waals surface area contributed by atoms with Gasteiger partial charge in [0.2, 0.25) is 0 Å². The van der Waals surface area contributed by atoms with Crippen molar-refractivity contribution in [3.8, 4) is 0 Å². The highest BCUT2D eigenvalue weighted by atomic mass is 35.5. The molecule has 3 heteroatoms. The van der Waals surface area contributed by atoms with Gasteiger partial charge in [0.15, 0.2) is 0 Å². The zero-order chi connectivity index (χ0) is 11.4. The number of hydrogen-bond donors (Lipinski definition) is 1. The van der Waals surface area contributed by atoms with E-state index in [1.54, 1.807) is 0 Å². The van der Waals surface area contributed by atoms with Crippen LogP contribution in [0.5, 0.6) is 0 Å². The van der Waals surface area contributed by atoms with E-state index in [1.807, 2.05) is 24.3 Å². The minimum Gasteiger partial charge on any atom is -0.396 e. The fourth-order valence-electron chi connectivity index (χ4n) is 2.22. The maximum Gasteiger partial charge on any atom is 0.0582 e. The zero-order valence-corrected chi connectivity index (χ0v) is 9.99. The fraction of sp³-hybridized carbons (Fsp3) is 0.538. The van der Waals surface area contributed by atoms with Gasteiger partial charge in [0.25, 0.3) is 0 Å². The van der Waals surface area contributed by atoms with Gasteiger partial charge in [0.1, 0.15) is 0 Å². The van der Waals surface area contributed by atoms with Crippen molar-refractivity contribution in [3.63, 3.8) is 0 Å². The predicted molar refractivity (Wildman–Crippen MR) is 64.9 cm³/mol. The van der Waals surface area contributed by atoms with Crippen LogP contribution in [-0.2, 0) is 4.74 Å². The number of aliphatic hydroxyl groups is 1. The van der Waals surface area contributed by atoms with Crippen LogP contribution in [-0.4, -0.2) is 24.4 Å². The average Bonchev–Trinajstić information content (AvgIpc) is 2.78. The Kier molecular flexibility index (Phi) is 4.22. The van der Waals surface area contributed by atoms with Crippen LogP contribution in [0.15, 0.2) is 24.3 Å². The molecule has 1 aliphatic heterocycles. The molecule has 0 radical (unpaired) electrons. The van der Waals surface area contributed by atoms with Gasteiger partial charge in [0.05, 0.1) is 12.7 Å². The summed E-state index contributed by atoms with van der Waals surface area (Å²) >= 11 is 5.95. The van der Waals surface area contributed by atoms with Crippen LogP contribution in [0.1, 0.15) is 30.7 Å². The van der Waals surface area contributed by atoms with E-state index in [0.29, 0.717) is 6.10 Å². The standard InChI is InChI=1S/C13H17ClO2/c14-12-4-1-3-10(7-12)11(9-15)8-13-5-2-6-16-13/h1,3-4,7,11,13,15H,2,5-6,8-9H2. The number of ether oxygens (including phenoxy) is 1. The lowest BCUT2D eigenvalue weighted by atomic mass is 9.93. The van der Waals surface area contributed by atoms with Crippen LogP contribution in [0.3, 0.4) is 0 Å². The van der Waals surface area contributed by atoms with E-state index in [4.69, 9.17) is 16.3 Å². The van der Waals surface area contributed by atoms with Crippen LogP contribution in [0.2, 0.25) is 5.02 Å². The molecular weight excluding hydrogens is 224 g/mol. The Morgan fingerprint density at radius 2 is 2.38 bits per heavy atom. The van der Waals surface area contributed by atoms with Crippen molar-refractivity contribution < 1.29 is 9.84 Å². The first kappa shape index (κ1) is 11.9. The minimum atomic E-state index is 0.141. The number of benzene rings is 1. The SMILES string of the molecule is OCC(CC1CCCO1)c1cccc(Cl)c1. The Bertz CT molecular complexity index is 334. The molecule has 1 N–H and O–H groups in total. The molecular formula is C13H17ClO2. The van der Waals surface area contributed by atoms with Crippen molar-refractivity contribution in [1.29, 1.82) is 0 Å². The van der Waals surface area contributed by atoms with E-state index >= 15 is 0 Å². The van der Waals surface area contributed by atoms with Gasteiger partial charge in [0, 0.05) is 17.5 Å². The third-order valence-corrected chi connectivity index (χ3v) is 3.35. The molecule has 1 aromatic carbocycles. The number of hydrogen-bond acceptors (Lipinski definition) is 2. The third kappa shape index (κ3) is 2.97. The zero-order valence-electron chi connectivity index (χ0n) is 9.23. The lowest BCUT2D eigenvalue weighted by Crippen LogP contribution is -2.14. The van der Waals surface area contributed by atoms with Crippen molar-refractivity contribution in [2.75, 3.05) is 13.2 Å². The first-order valence-corrected chi connectivity index (χ1v) is 6.15. The first-order chi connectivity index (χ1) is 7.79. The number of halogens is 1. The van der Waals surface area contributed by atoms with Crippen molar-refractivity contribution >= 4 is 11.6 Å². The molecule has 88 valence electrons. The van der Waals surface area contributed by atoms with Crippen molar-refractivity contribution in [2.45, 2.75) is 31.3 Å². The van der Waals surface area contributed by atoms with E-state index in [0.717, 1.165) is 36.5 Å². The van der Waals surface area contributed by atoms with Gasteiger partial charge in [-0.3, -0.25) is 0 Å². The van der Waals surface area contributed by atoms with E-state index in [1.165, 1.54) is 0 Å². The molecule has 2 unspecified atom stereocenters. The molecule has 0 spiro atoms. The molecule has 1 saturated heterocycles. The predicted octanol–water partition coefficient (Wildman–Crippen LogP) is 2.99. The summed E-state index contributed by atoms with van der Waals surface area (Å²) in [7, 11) is 0. The summed E-state index contributed by atoms with van der Waals surface area (Å²) in [4.78, 5) is 0. The second-order valence-electron chi connectivity index (χ2n) is 4.31. The molecule has 0 amide bonds. The molecule has 2 atom stereocenters. The maximum atomic E-state index is 9.43. The quantitative estimate of drug-likeness (QED) is 0.877.